The second-order valence-corrected chi connectivity index (χ2v) is 60.5. The van der Waals surface area contributed by atoms with Crippen molar-refractivity contribution < 1.29 is 42.4 Å². The lowest BCUT2D eigenvalue weighted by atomic mass is 10.5. The van der Waals surface area contributed by atoms with E-state index < -0.39 is 84.6 Å². The maximum absolute atomic E-state index is 6.74. The van der Waals surface area contributed by atoms with Crippen LogP contribution >= 0.6 is 11.6 Å². The SMILES string of the molecule is CCO[Si](C)(CCl)OCC.CCO[Si](C)(CNCCC[Si](C)(O[Si](C)(C)C)O[Si](C)(C)O[Si](C)(C)C)OCC.C[Si](C)(C)O[Si](C)(C)O[Si](C)(CCCN)O[Si](C)(C)C. The second kappa shape index (κ2) is 28.9. The fraction of sp³-hybridized carbons (Fsp3) is 1.00. The number of halogens is 1. The smallest absolute Gasteiger partial charge is 0.350 e. The molecule has 12 nitrogen and oxygen atoms in total. The van der Waals surface area contributed by atoms with Crippen LogP contribution in [0, 0.1) is 0 Å². The Morgan fingerprint density at radius 1 is 0.407 bits per heavy atom. The Labute approximate surface area is 382 Å². The van der Waals surface area contributed by atoms with Gasteiger partial charge in [0.15, 0.2) is 33.3 Å². The highest BCUT2D eigenvalue weighted by molar-refractivity contribution is 6.90. The van der Waals surface area contributed by atoms with Gasteiger partial charge in [-0.1, -0.05) is 0 Å². The molecule has 0 aromatic heterocycles. The molecule has 360 valence electrons. The van der Waals surface area contributed by atoms with Gasteiger partial charge in [-0.05, 0) is 197 Å². The lowest BCUT2D eigenvalue weighted by Gasteiger charge is -2.41. The number of rotatable bonds is 30. The summed E-state index contributed by atoms with van der Waals surface area (Å²) in [5.41, 5.74) is 6.18. The van der Waals surface area contributed by atoms with Crippen molar-refractivity contribution in [3.63, 3.8) is 0 Å². The zero-order valence-corrected chi connectivity index (χ0v) is 53.8. The Hall–Kier alpha value is 1.98. The van der Waals surface area contributed by atoms with E-state index in [0.717, 1.165) is 37.6 Å². The van der Waals surface area contributed by atoms with Crippen molar-refractivity contribution >= 4 is 96.2 Å². The number of hydrogen-bond acceptors (Lipinski definition) is 12. The summed E-state index contributed by atoms with van der Waals surface area (Å²) in [5.74, 6) is 0. The van der Waals surface area contributed by atoms with Crippen molar-refractivity contribution in [1.82, 2.24) is 5.32 Å². The Kier molecular flexibility index (Phi) is 32.0. The summed E-state index contributed by atoms with van der Waals surface area (Å²) in [6.07, 6.45) is 2.79. The summed E-state index contributed by atoms with van der Waals surface area (Å²) in [7, 11) is -19.5. The fourth-order valence-electron chi connectivity index (χ4n) is 6.85. The molecule has 0 saturated carbocycles. The molecule has 3 N–H and O–H groups in total. The lowest BCUT2D eigenvalue weighted by Crippen LogP contribution is -2.57. The van der Waals surface area contributed by atoms with Crippen molar-refractivity contribution in [3.8, 4) is 0 Å². The van der Waals surface area contributed by atoms with Crippen LogP contribution in [0.5, 0.6) is 0 Å². The van der Waals surface area contributed by atoms with E-state index >= 15 is 0 Å². The van der Waals surface area contributed by atoms with Gasteiger partial charge in [0.05, 0.1) is 5.50 Å². The quantitative estimate of drug-likeness (QED) is 0.0404. The van der Waals surface area contributed by atoms with E-state index in [1.807, 2.05) is 34.2 Å². The van der Waals surface area contributed by atoms with Crippen LogP contribution in [0.4, 0.5) is 0 Å². The van der Waals surface area contributed by atoms with Crippen LogP contribution < -0.4 is 11.1 Å². The minimum absolute atomic E-state index is 0.509. The van der Waals surface area contributed by atoms with Crippen molar-refractivity contribution in [1.29, 1.82) is 0 Å². The molecule has 0 aromatic rings. The van der Waals surface area contributed by atoms with Gasteiger partial charge in [-0.25, -0.2) is 0 Å². The van der Waals surface area contributed by atoms with Gasteiger partial charge in [0.25, 0.3) is 0 Å². The van der Waals surface area contributed by atoms with E-state index in [1.165, 1.54) is 0 Å². The Morgan fingerprint density at radius 2 is 0.712 bits per heavy atom. The normalized spacial score (nSPS) is 15.8. The first kappa shape index (κ1) is 65.3. The summed E-state index contributed by atoms with van der Waals surface area (Å²) in [6, 6.07) is 1.93. The van der Waals surface area contributed by atoms with Crippen molar-refractivity contribution in [2.75, 3.05) is 51.2 Å². The predicted molar refractivity (Wildman–Crippen MR) is 279 cm³/mol. The summed E-state index contributed by atoms with van der Waals surface area (Å²) in [5, 5.41) is 3.55. The Balaban J connectivity index is -0.000000898. The summed E-state index contributed by atoms with van der Waals surface area (Å²) in [6.45, 7) is 56.2. The van der Waals surface area contributed by atoms with Crippen LogP contribution in [0.25, 0.3) is 0 Å². The van der Waals surface area contributed by atoms with Gasteiger partial charge in [-0.15, -0.1) is 11.6 Å². The lowest BCUT2D eigenvalue weighted by molar-refractivity contribution is 0.187. The summed E-state index contributed by atoms with van der Waals surface area (Å²) < 4.78 is 61.7. The molecule has 2 unspecified atom stereocenters. The minimum atomic E-state index is -2.32. The van der Waals surface area contributed by atoms with Crippen LogP contribution in [-0.4, -0.2) is 136 Å². The highest BCUT2D eigenvalue weighted by atomic mass is 35.5. The van der Waals surface area contributed by atoms with Crippen LogP contribution in [0.2, 0.25) is 143 Å². The molecule has 23 heteroatoms. The molecule has 0 amide bonds. The Morgan fingerprint density at radius 3 is 0.983 bits per heavy atom. The molecule has 0 heterocycles. The molecule has 0 rings (SSSR count). The van der Waals surface area contributed by atoms with Crippen LogP contribution in [0.15, 0.2) is 0 Å². The molecule has 0 fully saturated rings. The van der Waals surface area contributed by atoms with E-state index in [9.17, 15) is 0 Å². The maximum atomic E-state index is 6.74. The van der Waals surface area contributed by atoms with Gasteiger partial charge in [0.2, 0.25) is 0 Å². The largest absolute Gasteiger partial charge is 0.437 e. The van der Waals surface area contributed by atoms with Crippen LogP contribution in [-0.2, 0) is 42.4 Å². The minimum Gasteiger partial charge on any atom is -0.437 e. The zero-order chi connectivity index (χ0) is 47.3. The van der Waals surface area contributed by atoms with E-state index in [1.54, 1.807) is 0 Å². The topological polar surface area (TPSA) is 130 Å². The predicted octanol–water partition coefficient (Wildman–Crippen LogP) is 10.9. The molecule has 0 aliphatic rings. The average molecular weight is 1040 g/mol. The monoisotopic (exact) mass is 1030 g/mol. The summed E-state index contributed by atoms with van der Waals surface area (Å²) in [4.78, 5) is 0. The number of hydrogen-bond donors (Lipinski definition) is 2. The molecular formula is C36H99ClN2O10Si10. The number of nitrogens with one attached hydrogen (secondary N) is 1. The Bertz CT molecular complexity index is 1090. The first-order valence-corrected chi connectivity index (χ1v) is 51.9. The van der Waals surface area contributed by atoms with Crippen LogP contribution in [0.3, 0.4) is 0 Å². The molecule has 0 spiro atoms. The van der Waals surface area contributed by atoms with Gasteiger partial charge in [0, 0.05) is 32.6 Å². The fourth-order valence-corrected chi connectivity index (χ4v) is 46.9. The molecule has 0 aromatic carbocycles. The van der Waals surface area contributed by atoms with Crippen LogP contribution in [0.1, 0.15) is 40.5 Å². The highest BCUT2D eigenvalue weighted by Crippen LogP contribution is 2.29. The molecule has 0 aliphatic carbocycles. The average Bonchev–Trinajstić information content (AvgIpc) is 2.96. The third kappa shape index (κ3) is 38.9. The molecule has 0 aliphatic heterocycles. The van der Waals surface area contributed by atoms with E-state index in [-0.39, 0.29) is 0 Å². The third-order valence-electron chi connectivity index (χ3n) is 7.38. The zero-order valence-electron chi connectivity index (χ0n) is 43.0. The number of alkyl halides is 1. The molecule has 0 bridgehead atoms. The van der Waals surface area contributed by atoms with Gasteiger partial charge in [-0.3, -0.25) is 0 Å². The molecule has 0 saturated heterocycles. The van der Waals surface area contributed by atoms with Gasteiger partial charge in [0.1, 0.15) is 0 Å². The van der Waals surface area contributed by atoms with Gasteiger partial charge in [-0.2, -0.15) is 0 Å². The van der Waals surface area contributed by atoms with E-state index in [0.29, 0.717) is 38.5 Å². The van der Waals surface area contributed by atoms with E-state index in [2.05, 4.69) is 130 Å². The molecule has 2 atom stereocenters. The first-order chi connectivity index (χ1) is 26.3. The summed E-state index contributed by atoms with van der Waals surface area (Å²) >= 11 is 5.68. The maximum Gasteiger partial charge on any atom is 0.350 e. The van der Waals surface area contributed by atoms with Crippen molar-refractivity contribution in [2.24, 2.45) is 5.73 Å². The van der Waals surface area contributed by atoms with Gasteiger partial charge < -0.3 is 53.4 Å². The van der Waals surface area contributed by atoms with E-state index in [4.69, 9.17) is 59.7 Å². The van der Waals surface area contributed by atoms with Crippen molar-refractivity contribution in [3.05, 3.63) is 0 Å². The van der Waals surface area contributed by atoms with Crippen molar-refractivity contribution in [2.45, 2.75) is 184 Å². The van der Waals surface area contributed by atoms with Gasteiger partial charge >= 0.3 is 51.4 Å². The highest BCUT2D eigenvalue weighted by Gasteiger charge is 2.45. The second-order valence-electron chi connectivity index (χ2n) is 20.4. The molecule has 0 radical (unpaired) electrons. The number of nitrogens with two attached hydrogens (primary N) is 1. The molecular weight excluding hydrogens is 937 g/mol. The third-order valence-corrected chi connectivity index (χ3v) is 40.9. The standard InChI is InChI=1S/C18H49NO5Si5.C12H35NO3Si4.C6H15ClO2Si/c1-13-20-29(12,21-14-2)18-19-16-15-17-28(11,23-26(6,7)8)24-27(9,10)22-25(3,4)5;1-17(2,3)14-19(7,8)16-20(9,12-10-11-13)15-18(4,5)6;1-4-8-10(3,6-7)9-5-2/h19H,13-18H2,1-12H3;10-13H2,1-9H3;4-6H2,1-3H3. The molecule has 59 heavy (non-hydrogen) atoms. The first-order valence-electron chi connectivity index (χ1n) is 22.0.